The van der Waals surface area contributed by atoms with Gasteiger partial charge in [0.2, 0.25) is 23.6 Å². The number of hydrogen-bond acceptors (Lipinski definition) is 9. The number of benzene rings is 3. The standard InChI is InChI=1S/C25H22ClN7O3/c1-34-20-12-16(13-21(35-2)22(20)36-3)29-23-27-14-28-24(32-23)33(17-10-8-15(26)9-11-17)25-30-18-6-4-5-7-19(18)31-25/h4-14H,1-3H3,(H,30,31)(H,27,28,29,32). The molecule has 10 nitrogen and oxygen atoms in total. The van der Waals surface area contributed by atoms with E-state index in [1.54, 1.807) is 50.5 Å². The minimum Gasteiger partial charge on any atom is -0.493 e. The van der Waals surface area contributed by atoms with Crippen LogP contribution in [0, 0.1) is 0 Å². The molecule has 0 amide bonds. The minimum absolute atomic E-state index is 0.310. The normalized spacial score (nSPS) is 10.8. The Balaban J connectivity index is 1.56. The number of para-hydroxylation sites is 2. The molecule has 0 fully saturated rings. The summed E-state index contributed by atoms with van der Waals surface area (Å²) in [5, 5.41) is 3.80. The molecule has 2 aromatic heterocycles. The Morgan fingerprint density at radius 3 is 2.25 bits per heavy atom. The molecule has 0 radical (unpaired) electrons. The van der Waals surface area contributed by atoms with E-state index in [4.69, 9.17) is 30.8 Å². The zero-order valence-corrected chi connectivity index (χ0v) is 20.4. The Morgan fingerprint density at radius 2 is 1.58 bits per heavy atom. The van der Waals surface area contributed by atoms with Crippen LogP contribution in [0.1, 0.15) is 0 Å². The molecule has 3 aromatic carbocycles. The number of H-pyrrole nitrogens is 1. The fourth-order valence-corrected chi connectivity index (χ4v) is 3.83. The molecule has 11 heteroatoms. The summed E-state index contributed by atoms with van der Waals surface area (Å²) in [4.78, 5) is 23.2. The third-order valence-corrected chi connectivity index (χ3v) is 5.61. The van der Waals surface area contributed by atoms with Crippen LogP contribution >= 0.6 is 11.6 Å². The smallest absolute Gasteiger partial charge is 0.241 e. The van der Waals surface area contributed by atoms with E-state index in [9.17, 15) is 0 Å². The van der Waals surface area contributed by atoms with Gasteiger partial charge in [-0.25, -0.2) is 19.9 Å². The summed E-state index contributed by atoms with van der Waals surface area (Å²) < 4.78 is 16.3. The molecular formula is C25H22ClN7O3. The van der Waals surface area contributed by atoms with E-state index in [1.807, 2.05) is 36.4 Å². The van der Waals surface area contributed by atoms with E-state index in [0.29, 0.717) is 45.8 Å². The van der Waals surface area contributed by atoms with Crippen molar-refractivity contribution in [2.75, 3.05) is 31.5 Å². The molecule has 0 aliphatic rings. The summed E-state index contributed by atoms with van der Waals surface area (Å²) in [5.74, 6) is 2.69. The number of rotatable bonds is 8. The van der Waals surface area contributed by atoms with Crippen molar-refractivity contribution in [3.8, 4) is 17.2 Å². The van der Waals surface area contributed by atoms with Crippen LogP contribution < -0.4 is 24.4 Å². The fraction of sp³-hybridized carbons (Fsp3) is 0.120. The Kier molecular flexibility index (Phi) is 6.42. The molecule has 2 heterocycles. The summed E-state index contributed by atoms with van der Waals surface area (Å²) in [6.45, 7) is 0. The summed E-state index contributed by atoms with van der Waals surface area (Å²) in [7, 11) is 4.66. The topological polar surface area (TPSA) is 110 Å². The quantitative estimate of drug-likeness (QED) is 0.278. The predicted octanol–water partition coefficient (Wildman–Crippen LogP) is 5.64. The predicted molar refractivity (Wildman–Crippen MR) is 139 cm³/mol. The molecule has 36 heavy (non-hydrogen) atoms. The number of aromatic nitrogens is 5. The van der Waals surface area contributed by atoms with Crippen molar-refractivity contribution in [3.05, 3.63) is 72.0 Å². The molecule has 0 atom stereocenters. The minimum atomic E-state index is 0.310. The third-order valence-electron chi connectivity index (χ3n) is 5.35. The number of nitrogens with zero attached hydrogens (tertiary/aromatic N) is 5. The van der Waals surface area contributed by atoms with Gasteiger partial charge in [0.25, 0.3) is 0 Å². The monoisotopic (exact) mass is 503 g/mol. The first-order valence-electron chi connectivity index (χ1n) is 10.9. The van der Waals surface area contributed by atoms with Gasteiger partial charge in [0.15, 0.2) is 11.5 Å². The summed E-state index contributed by atoms with van der Waals surface area (Å²) >= 11 is 6.14. The highest BCUT2D eigenvalue weighted by Gasteiger charge is 2.20. The van der Waals surface area contributed by atoms with Gasteiger partial charge in [-0.15, -0.1) is 0 Å². The van der Waals surface area contributed by atoms with Crippen molar-refractivity contribution in [1.82, 2.24) is 24.9 Å². The number of methoxy groups -OCH3 is 3. The number of nitrogens with one attached hydrogen (secondary N) is 2. The van der Waals surface area contributed by atoms with Crippen LogP contribution in [0.5, 0.6) is 17.2 Å². The number of halogens is 1. The molecular weight excluding hydrogens is 482 g/mol. The maximum absolute atomic E-state index is 6.14. The van der Waals surface area contributed by atoms with E-state index in [1.165, 1.54) is 6.33 Å². The Labute approximate surface area is 211 Å². The van der Waals surface area contributed by atoms with Crippen molar-refractivity contribution < 1.29 is 14.2 Å². The van der Waals surface area contributed by atoms with Gasteiger partial charge >= 0.3 is 0 Å². The van der Waals surface area contributed by atoms with Crippen molar-refractivity contribution in [3.63, 3.8) is 0 Å². The van der Waals surface area contributed by atoms with Crippen LogP contribution in [0.15, 0.2) is 67.0 Å². The second-order valence-corrected chi connectivity index (χ2v) is 7.97. The van der Waals surface area contributed by atoms with Crippen molar-refractivity contribution >= 4 is 51.9 Å². The zero-order valence-electron chi connectivity index (χ0n) is 19.7. The van der Waals surface area contributed by atoms with Crippen LogP contribution in [0.4, 0.5) is 29.2 Å². The first kappa shape index (κ1) is 23.2. The second-order valence-electron chi connectivity index (χ2n) is 7.54. The van der Waals surface area contributed by atoms with Gasteiger partial charge in [0.1, 0.15) is 6.33 Å². The van der Waals surface area contributed by atoms with E-state index in [0.717, 1.165) is 16.7 Å². The van der Waals surface area contributed by atoms with Crippen molar-refractivity contribution in [2.45, 2.75) is 0 Å². The highest BCUT2D eigenvalue weighted by Crippen LogP contribution is 2.40. The first-order chi connectivity index (χ1) is 17.6. The zero-order chi connectivity index (χ0) is 25.1. The maximum Gasteiger partial charge on any atom is 0.241 e. The molecule has 0 spiro atoms. The van der Waals surface area contributed by atoms with Crippen LogP contribution in [-0.4, -0.2) is 46.2 Å². The number of imidazole rings is 1. The van der Waals surface area contributed by atoms with Crippen LogP contribution in [0.3, 0.4) is 0 Å². The molecule has 5 rings (SSSR count). The van der Waals surface area contributed by atoms with Crippen LogP contribution in [0.25, 0.3) is 11.0 Å². The van der Waals surface area contributed by atoms with Crippen LogP contribution in [-0.2, 0) is 0 Å². The summed E-state index contributed by atoms with van der Waals surface area (Å²) in [6.07, 6.45) is 1.42. The Hall–Kier alpha value is -4.57. The van der Waals surface area contributed by atoms with Crippen LogP contribution in [0.2, 0.25) is 5.02 Å². The number of fused-ring (bicyclic) bond motifs is 1. The average molecular weight is 504 g/mol. The Bertz CT molecular complexity index is 1450. The summed E-state index contributed by atoms with van der Waals surface area (Å²) in [5.41, 5.74) is 3.11. The molecule has 0 aliphatic carbocycles. The maximum atomic E-state index is 6.14. The molecule has 0 aliphatic heterocycles. The molecule has 182 valence electrons. The van der Waals surface area contributed by atoms with Gasteiger partial charge in [0.05, 0.1) is 38.1 Å². The van der Waals surface area contributed by atoms with Gasteiger partial charge in [-0.1, -0.05) is 23.7 Å². The SMILES string of the molecule is COc1cc(Nc2ncnc(N(c3ccc(Cl)cc3)c3nc4ccccc4[nH]3)n2)cc(OC)c1OC. The van der Waals surface area contributed by atoms with Gasteiger partial charge in [-0.05, 0) is 36.4 Å². The lowest BCUT2D eigenvalue weighted by molar-refractivity contribution is 0.324. The van der Waals surface area contributed by atoms with E-state index in [-0.39, 0.29) is 0 Å². The largest absolute Gasteiger partial charge is 0.493 e. The van der Waals surface area contributed by atoms with Gasteiger partial charge in [0, 0.05) is 22.8 Å². The second kappa shape index (κ2) is 9.96. The number of anilines is 5. The van der Waals surface area contributed by atoms with E-state index in [2.05, 4.69) is 25.3 Å². The third kappa shape index (κ3) is 4.53. The van der Waals surface area contributed by atoms with Gasteiger partial charge in [-0.3, -0.25) is 0 Å². The van der Waals surface area contributed by atoms with Gasteiger partial charge in [-0.2, -0.15) is 4.98 Å². The van der Waals surface area contributed by atoms with Crippen molar-refractivity contribution in [2.24, 2.45) is 0 Å². The first-order valence-corrected chi connectivity index (χ1v) is 11.2. The van der Waals surface area contributed by atoms with E-state index >= 15 is 0 Å². The van der Waals surface area contributed by atoms with E-state index < -0.39 is 0 Å². The number of ether oxygens (including phenoxy) is 3. The Morgan fingerprint density at radius 1 is 0.861 bits per heavy atom. The molecule has 0 saturated carbocycles. The molecule has 0 saturated heterocycles. The number of hydrogen-bond donors (Lipinski definition) is 2. The number of aromatic amines is 1. The molecule has 2 N–H and O–H groups in total. The molecule has 0 bridgehead atoms. The highest BCUT2D eigenvalue weighted by atomic mass is 35.5. The lowest BCUT2D eigenvalue weighted by Gasteiger charge is -2.20. The van der Waals surface area contributed by atoms with Gasteiger partial charge < -0.3 is 24.5 Å². The molecule has 5 aromatic rings. The lowest BCUT2D eigenvalue weighted by atomic mass is 10.2. The van der Waals surface area contributed by atoms with Crippen molar-refractivity contribution in [1.29, 1.82) is 0 Å². The fourth-order valence-electron chi connectivity index (χ4n) is 3.71. The summed E-state index contributed by atoms with van der Waals surface area (Å²) in [6, 6.07) is 18.6. The molecule has 0 unspecified atom stereocenters. The highest BCUT2D eigenvalue weighted by molar-refractivity contribution is 6.30. The lowest BCUT2D eigenvalue weighted by Crippen LogP contribution is -2.15. The average Bonchev–Trinajstić information content (AvgIpc) is 3.33.